The summed E-state index contributed by atoms with van der Waals surface area (Å²) in [4.78, 5) is 39.2. The Kier molecular flexibility index (Phi) is 4.74. The van der Waals surface area contributed by atoms with Crippen LogP contribution in [0.25, 0.3) is 11.0 Å². The van der Waals surface area contributed by atoms with E-state index in [4.69, 9.17) is 0 Å². The molecule has 7 nitrogen and oxygen atoms in total. The quantitative estimate of drug-likeness (QED) is 0.526. The number of aromatic amines is 1. The Bertz CT molecular complexity index is 1360. The summed E-state index contributed by atoms with van der Waals surface area (Å²) < 4.78 is 14.7. The van der Waals surface area contributed by atoms with Crippen molar-refractivity contribution in [3.8, 4) is 0 Å². The molecule has 32 heavy (non-hydrogen) atoms. The van der Waals surface area contributed by atoms with Gasteiger partial charge < -0.3 is 15.2 Å². The van der Waals surface area contributed by atoms with E-state index in [1.807, 2.05) is 12.1 Å². The molecule has 0 saturated carbocycles. The van der Waals surface area contributed by atoms with Gasteiger partial charge in [-0.3, -0.25) is 9.59 Å². The van der Waals surface area contributed by atoms with Crippen molar-refractivity contribution in [1.29, 1.82) is 0 Å². The van der Waals surface area contributed by atoms with Gasteiger partial charge in [0.1, 0.15) is 5.82 Å². The number of aromatic nitrogens is 2. The molecule has 2 N–H and O–H groups in total. The lowest BCUT2D eigenvalue weighted by Gasteiger charge is -2.20. The third-order valence-corrected chi connectivity index (χ3v) is 5.34. The van der Waals surface area contributed by atoms with Gasteiger partial charge in [-0.25, -0.2) is 14.4 Å². The van der Waals surface area contributed by atoms with Crippen molar-refractivity contribution in [2.45, 2.75) is 6.17 Å². The third-order valence-electron chi connectivity index (χ3n) is 5.34. The molecule has 5 rings (SSSR count). The number of nitrogens with one attached hydrogen (secondary N) is 2. The smallest absolute Gasteiger partial charge is 0.289 e. The second-order valence-corrected chi connectivity index (χ2v) is 7.35. The summed E-state index contributed by atoms with van der Waals surface area (Å²) in [7, 11) is 1.60. The van der Waals surface area contributed by atoms with Gasteiger partial charge in [0.2, 0.25) is 6.17 Å². The number of likely N-dealkylation sites (N-methyl/N-ethyl adjacent to an activating group) is 1. The summed E-state index contributed by atoms with van der Waals surface area (Å²) in [6.07, 6.45) is -1.26. The van der Waals surface area contributed by atoms with Gasteiger partial charge in [-0.1, -0.05) is 42.5 Å². The van der Waals surface area contributed by atoms with Gasteiger partial charge in [0, 0.05) is 18.2 Å². The number of halogens is 1. The van der Waals surface area contributed by atoms with Crippen molar-refractivity contribution in [1.82, 2.24) is 15.3 Å². The van der Waals surface area contributed by atoms with Crippen molar-refractivity contribution < 1.29 is 14.0 Å². The summed E-state index contributed by atoms with van der Waals surface area (Å²) >= 11 is 0. The molecule has 8 heteroatoms. The number of imidazole rings is 1. The Balaban J connectivity index is 1.58. The van der Waals surface area contributed by atoms with E-state index in [1.54, 1.807) is 61.6 Å². The molecule has 0 radical (unpaired) electrons. The number of H-pyrrole nitrogens is 1. The first-order valence-electron chi connectivity index (χ1n) is 9.98. The number of hydrogen-bond acceptors (Lipinski definition) is 4. The van der Waals surface area contributed by atoms with Crippen LogP contribution < -0.4 is 10.2 Å². The molecule has 1 unspecified atom stereocenters. The molecule has 2 heterocycles. The zero-order chi connectivity index (χ0) is 22.2. The number of carbonyl (C=O) groups excluding carboxylic acids is 2. The van der Waals surface area contributed by atoms with Crippen molar-refractivity contribution in [3.05, 3.63) is 95.6 Å². The average Bonchev–Trinajstić information content (AvgIpc) is 3.22. The molecule has 0 aliphatic carbocycles. The minimum absolute atomic E-state index is 0.0612. The van der Waals surface area contributed by atoms with Crippen LogP contribution in [0.2, 0.25) is 0 Å². The predicted octanol–water partition coefficient (Wildman–Crippen LogP) is 3.27. The van der Waals surface area contributed by atoms with E-state index >= 15 is 0 Å². The first-order valence-corrected chi connectivity index (χ1v) is 9.98. The number of aliphatic imine (C=N–C) groups is 1. The lowest BCUT2D eigenvalue weighted by atomic mass is 10.00. The van der Waals surface area contributed by atoms with Gasteiger partial charge in [0.15, 0.2) is 5.82 Å². The molecule has 0 bridgehead atoms. The highest BCUT2D eigenvalue weighted by molar-refractivity contribution is 6.20. The van der Waals surface area contributed by atoms with E-state index in [2.05, 4.69) is 20.3 Å². The molecule has 1 aliphatic heterocycles. The predicted molar refractivity (Wildman–Crippen MR) is 119 cm³/mol. The van der Waals surface area contributed by atoms with Crippen LogP contribution in [0.15, 0.2) is 77.8 Å². The maximum atomic E-state index is 14.7. The minimum Gasteiger partial charge on any atom is -0.334 e. The van der Waals surface area contributed by atoms with Crippen LogP contribution >= 0.6 is 0 Å². The Hall–Kier alpha value is -4.33. The molecular weight excluding hydrogens is 409 g/mol. The molecule has 1 atom stereocenters. The molecule has 0 fully saturated rings. The topological polar surface area (TPSA) is 90.5 Å². The molecular formula is C24H18FN5O2. The Morgan fingerprint density at radius 3 is 2.47 bits per heavy atom. The average molecular weight is 427 g/mol. The number of carbonyl (C=O) groups is 2. The fourth-order valence-corrected chi connectivity index (χ4v) is 3.74. The number of nitrogens with zero attached hydrogens (tertiary/aromatic N) is 3. The fourth-order valence-electron chi connectivity index (χ4n) is 3.74. The zero-order valence-electron chi connectivity index (χ0n) is 17.0. The van der Waals surface area contributed by atoms with E-state index < -0.39 is 23.8 Å². The molecule has 4 aromatic rings. The normalized spacial score (nSPS) is 15.8. The molecule has 2 amide bonds. The van der Waals surface area contributed by atoms with Crippen LogP contribution in [0.3, 0.4) is 0 Å². The first-order chi connectivity index (χ1) is 15.5. The van der Waals surface area contributed by atoms with Crippen LogP contribution in [0.4, 0.5) is 10.1 Å². The molecule has 3 aromatic carbocycles. The first kappa shape index (κ1) is 19.6. The molecule has 1 aromatic heterocycles. The van der Waals surface area contributed by atoms with Crippen molar-refractivity contribution in [3.63, 3.8) is 0 Å². The second-order valence-electron chi connectivity index (χ2n) is 7.35. The summed E-state index contributed by atoms with van der Waals surface area (Å²) in [5.41, 5.74) is 3.01. The van der Waals surface area contributed by atoms with Crippen LogP contribution in [0, 0.1) is 5.82 Å². The summed E-state index contributed by atoms with van der Waals surface area (Å²) in [5.74, 6) is -1.45. The maximum absolute atomic E-state index is 14.7. The maximum Gasteiger partial charge on any atom is 0.289 e. The largest absolute Gasteiger partial charge is 0.334 e. The zero-order valence-corrected chi connectivity index (χ0v) is 17.0. The van der Waals surface area contributed by atoms with Gasteiger partial charge in [-0.05, 0) is 30.3 Å². The van der Waals surface area contributed by atoms with Crippen LogP contribution in [0.5, 0.6) is 0 Å². The van der Waals surface area contributed by atoms with Crippen molar-refractivity contribution >= 4 is 34.2 Å². The lowest BCUT2D eigenvalue weighted by Crippen LogP contribution is -2.46. The molecule has 0 saturated heterocycles. The van der Waals surface area contributed by atoms with Crippen LogP contribution in [-0.2, 0) is 4.79 Å². The standard InChI is InChI=1S/C24H18FN5O2/c1-30-19-13-7-3-9-15(19)20(14-8-2-4-10-16(14)25)28-22(24(30)32)29-23(31)21-26-17-11-5-6-12-18(17)27-21/h2-13,22H,1H3,(H,26,27)(H,29,31). The van der Waals surface area contributed by atoms with Crippen LogP contribution in [0.1, 0.15) is 21.7 Å². The SMILES string of the molecule is CN1C(=O)C(NC(=O)c2nc3ccccc3[nH]2)N=C(c2ccccc2F)c2ccccc21. The monoisotopic (exact) mass is 427 g/mol. The van der Waals surface area contributed by atoms with E-state index in [0.717, 1.165) is 0 Å². The number of benzene rings is 3. The van der Waals surface area contributed by atoms with Gasteiger partial charge in [0.25, 0.3) is 11.8 Å². The summed E-state index contributed by atoms with van der Waals surface area (Å²) in [5, 5.41) is 2.64. The van der Waals surface area contributed by atoms with E-state index in [9.17, 15) is 14.0 Å². The number of anilines is 1. The van der Waals surface area contributed by atoms with Crippen molar-refractivity contribution in [2.24, 2.45) is 4.99 Å². The van der Waals surface area contributed by atoms with Crippen molar-refractivity contribution in [2.75, 3.05) is 11.9 Å². The van der Waals surface area contributed by atoms with Gasteiger partial charge >= 0.3 is 0 Å². The van der Waals surface area contributed by atoms with E-state index in [1.165, 1.54) is 11.0 Å². The minimum atomic E-state index is -1.26. The number of para-hydroxylation sites is 3. The molecule has 158 valence electrons. The number of hydrogen-bond donors (Lipinski definition) is 2. The van der Waals surface area contributed by atoms with Crippen LogP contribution in [-0.4, -0.2) is 40.7 Å². The fraction of sp³-hybridized carbons (Fsp3) is 0.0833. The highest BCUT2D eigenvalue weighted by Gasteiger charge is 2.32. The second kappa shape index (κ2) is 7.73. The molecule has 1 aliphatic rings. The van der Waals surface area contributed by atoms with E-state index in [0.29, 0.717) is 22.3 Å². The lowest BCUT2D eigenvalue weighted by molar-refractivity contribution is -0.119. The number of amides is 2. The van der Waals surface area contributed by atoms with Gasteiger partial charge in [0.05, 0.1) is 22.4 Å². The third kappa shape index (κ3) is 3.31. The van der Waals surface area contributed by atoms with E-state index in [-0.39, 0.29) is 17.1 Å². The Morgan fingerprint density at radius 2 is 1.69 bits per heavy atom. The molecule has 0 spiro atoms. The Labute approximate surface area is 182 Å². The highest BCUT2D eigenvalue weighted by Crippen LogP contribution is 2.28. The summed E-state index contributed by atoms with van der Waals surface area (Å²) in [6, 6.07) is 20.5. The number of benzodiazepines with no additional fused rings is 1. The highest BCUT2D eigenvalue weighted by atomic mass is 19.1. The Morgan fingerprint density at radius 1 is 1.00 bits per heavy atom. The number of fused-ring (bicyclic) bond motifs is 2. The van der Waals surface area contributed by atoms with Gasteiger partial charge in [-0.2, -0.15) is 0 Å². The number of rotatable bonds is 3. The van der Waals surface area contributed by atoms with Gasteiger partial charge in [-0.15, -0.1) is 0 Å². The summed E-state index contributed by atoms with van der Waals surface area (Å²) in [6.45, 7) is 0.